The van der Waals surface area contributed by atoms with Gasteiger partial charge in [0.05, 0.1) is 6.54 Å². The van der Waals surface area contributed by atoms with E-state index >= 15 is 0 Å². The Balaban J connectivity index is 1.18. The van der Waals surface area contributed by atoms with Gasteiger partial charge < -0.3 is 9.73 Å². The molecule has 1 aromatic heterocycles. The number of allylic oxidation sites excluding steroid dienone is 1. The van der Waals surface area contributed by atoms with Crippen molar-refractivity contribution in [3.63, 3.8) is 0 Å². The average Bonchev–Trinajstić information content (AvgIpc) is 3.25. The van der Waals surface area contributed by atoms with Crippen molar-refractivity contribution >= 4 is 5.91 Å². The lowest BCUT2D eigenvalue weighted by atomic mass is 9.97. The first-order valence-electron chi connectivity index (χ1n) is 11.2. The first kappa shape index (κ1) is 20.8. The van der Waals surface area contributed by atoms with Crippen molar-refractivity contribution in [2.45, 2.75) is 45.2 Å². The fourth-order valence-corrected chi connectivity index (χ4v) is 4.19. The number of nitrogens with one attached hydrogen (secondary N) is 1. The van der Waals surface area contributed by atoms with E-state index in [4.69, 9.17) is 4.42 Å². The number of hydrogen-bond donors (Lipinski definition) is 1. The maximum atomic E-state index is 12.3. The average molecular weight is 409 g/mol. The molecule has 0 bridgehead atoms. The highest BCUT2D eigenvalue weighted by Gasteiger charge is 2.20. The Morgan fingerprint density at radius 3 is 2.53 bits per heavy atom. The highest BCUT2D eigenvalue weighted by Crippen LogP contribution is 2.19. The largest absolute Gasteiger partial charge is 0.447 e. The standard InChI is InChI=1S/C24H32N4O2/c29-24(25-12-11-20-7-3-1-4-8-20)22-19-30-23(26-22)18-28-15-13-27(14-16-28)17-21-9-5-2-6-10-21/h2,5-7,9-10,19H,1,3-4,8,11-18H2,(H,25,29). The molecule has 1 saturated heterocycles. The van der Waals surface area contributed by atoms with Crippen molar-refractivity contribution in [2.24, 2.45) is 0 Å². The molecule has 160 valence electrons. The third-order valence-corrected chi connectivity index (χ3v) is 5.97. The lowest BCUT2D eigenvalue weighted by Crippen LogP contribution is -2.45. The van der Waals surface area contributed by atoms with E-state index < -0.39 is 0 Å². The normalized spacial score (nSPS) is 18.2. The Labute approximate surface area is 179 Å². The molecule has 0 unspecified atom stereocenters. The summed E-state index contributed by atoms with van der Waals surface area (Å²) in [4.78, 5) is 21.6. The number of benzene rings is 1. The highest BCUT2D eigenvalue weighted by molar-refractivity contribution is 5.91. The summed E-state index contributed by atoms with van der Waals surface area (Å²) in [6.45, 7) is 6.32. The van der Waals surface area contributed by atoms with E-state index in [0.29, 0.717) is 24.7 Å². The zero-order valence-corrected chi connectivity index (χ0v) is 17.7. The van der Waals surface area contributed by atoms with Gasteiger partial charge in [-0.15, -0.1) is 0 Å². The molecule has 1 aliphatic carbocycles. The molecular formula is C24H32N4O2. The summed E-state index contributed by atoms with van der Waals surface area (Å²) >= 11 is 0. The number of oxazole rings is 1. The van der Waals surface area contributed by atoms with Crippen LogP contribution < -0.4 is 5.32 Å². The SMILES string of the molecule is O=C(NCCC1=CCCCC1)c1coc(CN2CCN(Cc3ccccc3)CC2)n1. The highest BCUT2D eigenvalue weighted by atomic mass is 16.3. The quantitative estimate of drug-likeness (QED) is 0.676. The second-order valence-electron chi connectivity index (χ2n) is 8.28. The lowest BCUT2D eigenvalue weighted by Gasteiger charge is -2.34. The minimum absolute atomic E-state index is 0.144. The van der Waals surface area contributed by atoms with Gasteiger partial charge in [-0.3, -0.25) is 14.6 Å². The van der Waals surface area contributed by atoms with E-state index in [9.17, 15) is 4.79 Å². The molecule has 4 rings (SSSR count). The summed E-state index contributed by atoms with van der Waals surface area (Å²) in [5.41, 5.74) is 3.20. The van der Waals surface area contributed by atoms with E-state index in [1.54, 1.807) is 0 Å². The summed E-state index contributed by atoms with van der Waals surface area (Å²) in [6.07, 6.45) is 9.65. The van der Waals surface area contributed by atoms with Crippen LogP contribution in [0.5, 0.6) is 0 Å². The van der Waals surface area contributed by atoms with Crippen LogP contribution >= 0.6 is 0 Å². The van der Waals surface area contributed by atoms with Crippen LogP contribution in [-0.2, 0) is 13.1 Å². The maximum absolute atomic E-state index is 12.3. The number of hydrogen-bond acceptors (Lipinski definition) is 5. The van der Waals surface area contributed by atoms with Crippen LogP contribution in [0.4, 0.5) is 0 Å². The van der Waals surface area contributed by atoms with Crippen molar-refractivity contribution in [3.05, 3.63) is 65.4 Å². The number of carbonyl (C=O) groups excluding carboxylic acids is 1. The molecule has 30 heavy (non-hydrogen) atoms. The van der Waals surface area contributed by atoms with Crippen molar-refractivity contribution in [1.82, 2.24) is 20.1 Å². The Kier molecular flexibility index (Phi) is 7.32. The molecule has 1 fully saturated rings. The van der Waals surface area contributed by atoms with Crippen LogP contribution in [0.2, 0.25) is 0 Å². The predicted octanol–water partition coefficient (Wildman–Crippen LogP) is 3.61. The van der Waals surface area contributed by atoms with Gasteiger partial charge in [0, 0.05) is 39.3 Å². The maximum Gasteiger partial charge on any atom is 0.273 e. The zero-order valence-electron chi connectivity index (χ0n) is 17.7. The topological polar surface area (TPSA) is 61.6 Å². The number of aromatic nitrogens is 1. The summed E-state index contributed by atoms with van der Waals surface area (Å²) in [5, 5.41) is 2.97. The molecular weight excluding hydrogens is 376 g/mol. The summed E-state index contributed by atoms with van der Waals surface area (Å²) in [5.74, 6) is 0.473. The molecule has 0 radical (unpaired) electrons. The molecule has 2 aliphatic rings. The summed E-state index contributed by atoms with van der Waals surface area (Å²) < 4.78 is 5.57. The second kappa shape index (κ2) is 10.5. The molecule has 2 heterocycles. The third kappa shape index (κ3) is 6.03. The molecule has 2 aromatic rings. The Hall–Kier alpha value is -2.44. The molecule has 6 nitrogen and oxygen atoms in total. The van der Waals surface area contributed by atoms with Gasteiger partial charge in [-0.05, 0) is 37.7 Å². The van der Waals surface area contributed by atoms with Crippen molar-refractivity contribution in [3.8, 4) is 0 Å². The van der Waals surface area contributed by atoms with Crippen LogP contribution in [0.15, 0.2) is 52.7 Å². The van der Waals surface area contributed by atoms with Crippen LogP contribution in [-0.4, -0.2) is 53.4 Å². The van der Waals surface area contributed by atoms with Crippen LogP contribution in [0.1, 0.15) is 54.0 Å². The van der Waals surface area contributed by atoms with Gasteiger partial charge in [-0.2, -0.15) is 0 Å². The van der Waals surface area contributed by atoms with Crippen molar-refractivity contribution in [1.29, 1.82) is 0 Å². The van der Waals surface area contributed by atoms with Crippen molar-refractivity contribution < 1.29 is 9.21 Å². The molecule has 0 atom stereocenters. The number of nitrogens with zero attached hydrogens (tertiary/aromatic N) is 3. The molecule has 1 N–H and O–H groups in total. The van der Waals surface area contributed by atoms with E-state index in [1.807, 2.05) is 0 Å². The number of carbonyl (C=O) groups is 1. The molecule has 1 aromatic carbocycles. The molecule has 0 saturated carbocycles. The lowest BCUT2D eigenvalue weighted by molar-refractivity contribution is 0.0948. The second-order valence-corrected chi connectivity index (χ2v) is 8.28. The third-order valence-electron chi connectivity index (χ3n) is 5.97. The van der Waals surface area contributed by atoms with Crippen LogP contribution in [0.3, 0.4) is 0 Å². The first-order valence-corrected chi connectivity index (χ1v) is 11.2. The van der Waals surface area contributed by atoms with Crippen LogP contribution in [0, 0.1) is 0 Å². The molecule has 1 aliphatic heterocycles. The predicted molar refractivity (Wildman–Crippen MR) is 117 cm³/mol. The zero-order chi connectivity index (χ0) is 20.6. The van der Waals surface area contributed by atoms with Crippen molar-refractivity contribution in [2.75, 3.05) is 32.7 Å². The van der Waals surface area contributed by atoms with Gasteiger partial charge in [0.15, 0.2) is 5.69 Å². The Morgan fingerprint density at radius 1 is 1.03 bits per heavy atom. The van der Waals surface area contributed by atoms with Gasteiger partial charge >= 0.3 is 0 Å². The van der Waals surface area contributed by atoms with Crippen LogP contribution in [0.25, 0.3) is 0 Å². The summed E-state index contributed by atoms with van der Waals surface area (Å²) in [6, 6.07) is 10.6. The van der Waals surface area contributed by atoms with E-state index in [2.05, 4.69) is 56.5 Å². The molecule has 0 spiro atoms. The monoisotopic (exact) mass is 408 g/mol. The minimum atomic E-state index is -0.144. The number of amides is 1. The smallest absolute Gasteiger partial charge is 0.273 e. The van der Waals surface area contributed by atoms with Gasteiger partial charge in [0.1, 0.15) is 6.26 Å². The fraction of sp³-hybridized carbons (Fsp3) is 0.500. The van der Waals surface area contributed by atoms with Gasteiger partial charge in [0.25, 0.3) is 5.91 Å². The minimum Gasteiger partial charge on any atom is -0.447 e. The van der Waals surface area contributed by atoms with E-state index in [-0.39, 0.29) is 5.91 Å². The Morgan fingerprint density at radius 2 is 1.80 bits per heavy atom. The van der Waals surface area contributed by atoms with Gasteiger partial charge in [-0.25, -0.2) is 4.98 Å². The first-order chi connectivity index (χ1) is 14.8. The summed E-state index contributed by atoms with van der Waals surface area (Å²) in [7, 11) is 0. The number of rotatable bonds is 8. The van der Waals surface area contributed by atoms with E-state index in [1.165, 1.54) is 43.1 Å². The van der Waals surface area contributed by atoms with Gasteiger partial charge in [-0.1, -0.05) is 42.0 Å². The van der Waals surface area contributed by atoms with E-state index in [0.717, 1.165) is 39.1 Å². The van der Waals surface area contributed by atoms with Gasteiger partial charge in [0.2, 0.25) is 5.89 Å². The number of piperazine rings is 1. The fourth-order valence-electron chi connectivity index (χ4n) is 4.19. The molecule has 6 heteroatoms. The molecule has 1 amide bonds. The Bertz CT molecular complexity index is 838.